The Balaban J connectivity index is 2.31. The highest BCUT2D eigenvalue weighted by atomic mass is 79.9. The Morgan fingerprint density at radius 2 is 2.10 bits per heavy atom. The Morgan fingerprint density at radius 3 is 2.76 bits per heavy atom. The normalized spacial score (nSPS) is 10.8. The predicted octanol–water partition coefficient (Wildman–Crippen LogP) is 3.49. The van der Waals surface area contributed by atoms with Gasteiger partial charge in [-0.1, -0.05) is 22.0 Å². The summed E-state index contributed by atoms with van der Waals surface area (Å²) in [6.45, 7) is 0. The molecule has 0 saturated heterocycles. The van der Waals surface area contributed by atoms with Crippen molar-refractivity contribution in [3.63, 3.8) is 0 Å². The minimum Gasteiger partial charge on any atom is -0.497 e. The zero-order chi connectivity index (χ0) is 15.0. The molecule has 3 aromatic rings. The van der Waals surface area contributed by atoms with Gasteiger partial charge in [0.25, 0.3) is 0 Å². The largest absolute Gasteiger partial charge is 0.497 e. The molecule has 0 aliphatic heterocycles. The standard InChI is InChI=1S/C15H11BrN2O3/c1-21-11-5-6-13-12(8-11)14(15(19)20)17-18(13)10-4-2-3-9(16)7-10/h2-8H,1H3,(H,19,20). The van der Waals surface area contributed by atoms with E-state index in [1.165, 1.54) is 0 Å². The number of aromatic nitrogens is 2. The van der Waals surface area contributed by atoms with E-state index in [2.05, 4.69) is 21.0 Å². The molecule has 5 nitrogen and oxygen atoms in total. The lowest BCUT2D eigenvalue weighted by Crippen LogP contribution is -2.01. The molecule has 0 aliphatic carbocycles. The first-order valence-electron chi connectivity index (χ1n) is 6.16. The van der Waals surface area contributed by atoms with E-state index in [0.717, 1.165) is 10.2 Å². The number of ether oxygens (including phenoxy) is 1. The highest BCUT2D eigenvalue weighted by Gasteiger charge is 2.18. The van der Waals surface area contributed by atoms with Crippen molar-refractivity contribution in [2.75, 3.05) is 7.11 Å². The Hall–Kier alpha value is -2.34. The molecule has 6 heteroatoms. The molecule has 3 rings (SSSR count). The molecule has 1 heterocycles. The van der Waals surface area contributed by atoms with Crippen molar-refractivity contribution in [3.05, 3.63) is 52.6 Å². The van der Waals surface area contributed by atoms with E-state index in [4.69, 9.17) is 4.74 Å². The number of methoxy groups -OCH3 is 1. The lowest BCUT2D eigenvalue weighted by atomic mass is 10.2. The van der Waals surface area contributed by atoms with Crippen molar-refractivity contribution < 1.29 is 14.6 Å². The molecular weight excluding hydrogens is 336 g/mol. The Kier molecular flexibility index (Phi) is 3.39. The zero-order valence-electron chi connectivity index (χ0n) is 11.1. The van der Waals surface area contributed by atoms with Gasteiger partial charge in [0.15, 0.2) is 5.69 Å². The van der Waals surface area contributed by atoms with Gasteiger partial charge in [0.2, 0.25) is 0 Å². The van der Waals surface area contributed by atoms with E-state index in [0.29, 0.717) is 16.7 Å². The second-order valence-electron chi connectivity index (χ2n) is 4.43. The maximum absolute atomic E-state index is 11.4. The van der Waals surface area contributed by atoms with Crippen LogP contribution in [0.3, 0.4) is 0 Å². The van der Waals surface area contributed by atoms with Crippen LogP contribution >= 0.6 is 15.9 Å². The van der Waals surface area contributed by atoms with Gasteiger partial charge in [-0.15, -0.1) is 0 Å². The number of carboxylic acids is 1. The Morgan fingerprint density at radius 1 is 1.29 bits per heavy atom. The molecule has 2 aromatic carbocycles. The number of nitrogens with zero attached hydrogens (tertiary/aromatic N) is 2. The average Bonchev–Trinajstić information content (AvgIpc) is 2.86. The van der Waals surface area contributed by atoms with Crippen LogP contribution < -0.4 is 4.74 Å². The van der Waals surface area contributed by atoms with Crippen LogP contribution in [0.2, 0.25) is 0 Å². The number of fused-ring (bicyclic) bond motifs is 1. The molecule has 1 aromatic heterocycles. The number of benzene rings is 2. The first-order valence-corrected chi connectivity index (χ1v) is 6.95. The minimum atomic E-state index is -1.07. The zero-order valence-corrected chi connectivity index (χ0v) is 12.7. The smallest absolute Gasteiger partial charge is 0.357 e. The van der Waals surface area contributed by atoms with Gasteiger partial charge in [-0.3, -0.25) is 0 Å². The molecular formula is C15H11BrN2O3. The Bertz CT molecular complexity index is 842. The van der Waals surface area contributed by atoms with Crippen LogP contribution in [-0.4, -0.2) is 28.0 Å². The second-order valence-corrected chi connectivity index (χ2v) is 5.34. The van der Waals surface area contributed by atoms with Gasteiger partial charge in [-0.2, -0.15) is 5.10 Å². The van der Waals surface area contributed by atoms with Crippen LogP contribution in [0.5, 0.6) is 5.75 Å². The third-order valence-electron chi connectivity index (χ3n) is 3.14. The van der Waals surface area contributed by atoms with E-state index in [1.54, 1.807) is 30.0 Å². The van der Waals surface area contributed by atoms with Crippen LogP contribution in [0.25, 0.3) is 16.6 Å². The van der Waals surface area contributed by atoms with Gasteiger partial charge < -0.3 is 9.84 Å². The summed E-state index contributed by atoms with van der Waals surface area (Å²) in [7, 11) is 1.54. The first kappa shape index (κ1) is 13.6. The summed E-state index contributed by atoms with van der Waals surface area (Å²) in [5.41, 5.74) is 1.50. The van der Waals surface area contributed by atoms with Crippen molar-refractivity contribution in [2.24, 2.45) is 0 Å². The number of halogens is 1. The van der Waals surface area contributed by atoms with Gasteiger partial charge in [0.05, 0.1) is 18.3 Å². The SMILES string of the molecule is COc1ccc2c(c1)c(C(=O)O)nn2-c1cccc(Br)c1. The molecule has 0 spiro atoms. The summed E-state index contributed by atoms with van der Waals surface area (Å²) in [6, 6.07) is 12.8. The first-order chi connectivity index (χ1) is 10.1. The quantitative estimate of drug-likeness (QED) is 0.788. The summed E-state index contributed by atoms with van der Waals surface area (Å²) in [6.07, 6.45) is 0. The molecule has 0 unspecified atom stereocenters. The molecule has 0 atom stereocenters. The van der Waals surface area contributed by atoms with Crippen molar-refractivity contribution in [2.45, 2.75) is 0 Å². The third kappa shape index (κ3) is 2.38. The molecule has 0 aliphatic rings. The molecule has 0 saturated carbocycles. The fourth-order valence-corrected chi connectivity index (χ4v) is 2.57. The monoisotopic (exact) mass is 346 g/mol. The molecule has 106 valence electrons. The summed E-state index contributed by atoms with van der Waals surface area (Å²) in [5.74, 6) is -0.471. The highest BCUT2D eigenvalue weighted by Crippen LogP contribution is 2.27. The van der Waals surface area contributed by atoms with Gasteiger partial charge in [-0.25, -0.2) is 9.48 Å². The third-order valence-corrected chi connectivity index (χ3v) is 3.64. The van der Waals surface area contributed by atoms with Crippen molar-refractivity contribution in [3.8, 4) is 11.4 Å². The number of carbonyl (C=O) groups is 1. The molecule has 1 N–H and O–H groups in total. The van der Waals surface area contributed by atoms with Crippen LogP contribution in [0.1, 0.15) is 10.5 Å². The number of rotatable bonds is 3. The lowest BCUT2D eigenvalue weighted by molar-refractivity contribution is 0.0692. The molecule has 0 fully saturated rings. The molecule has 0 bridgehead atoms. The van der Waals surface area contributed by atoms with E-state index >= 15 is 0 Å². The second kappa shape index (κ2) is 5.21. The van der Waals surface area contributed by atoms with E-state index in [-0.39, 0.29) is 5.69 Å². The number of aromatic carboxylic acids is 1. The van der Waals surface area contributed by atoms with Crippen LogP contribution in [-0.2, 0) is 0 Å². The summed E-state index contributed by atoms with van der Waals surface area (Å²) < 4.78 is 7.66. The predicted molar refractivity (Wildman–Crippen MR) is 82.3 cm³/mol. The summed E-state index contributed by atoms with van der Waals surface area (Å²) >= 11 is 3.40. The lowest BCUT2D eigenvalue weighted by Gasteiger charge is -2.04. The topological polar surface area (TPSA) is 64.3 Å². The Labute approximate surface area is 128 Å². The highest BCUT2D eigenvalue weighted by molar-refractivity contribution is 9.10. The number of carboxylic acid groups (broad SMARTS) is 1. The molecule has 0 amide bonds. The number of hydrogen-bond donors (Lipinski definition) is 1. The van der Waals surface area contributed by atoms with Crippen LogP contribution in [0, 0.1) is 0 Å². The van der Waals surface area contributed by atoms with Crippen LogP contribution in [0.15, 0.2) is 46.9 Å². The van der Waals surface area contributed by atoms with Crippen molar-refractivity contribution >= 4 is 32.8 Å². The fourth-order valence-electron chi connectivity index (χ4n) is 2.19. The van der Waals surface area contributed by atoms with E-state index in [1.807, 2.05) is 24.3 Å². The van der Waals surface area contributed by atoms with Gasteiger partial charge >= 0.3 is 5.97 Å². The maximum atomic E-state index is 11.4. The van der Waals surface area contributed by atoms with Gasteiger partial charge in [0.1, 0.15) is 5.75 Å². The minimum absolute atomic E-state index is 0.00359. The number of hydrogen-bond acceptors (Lipinski definition) is 3. The average molecular weight is 347 g/mol. The van der Waals surface area contributed by atoms with Gasteiger partial charge in [0, 0.05) is 9.86 Å². The van der Waals surface area contributed by atoms with E-state index < -0.39 is 5.97 Å². The van der Waals surface area contributed by atoms with Crippen molar-refractivity contribution in [1.82, 2.24) is 9.78 Å². The van der Waals surface area contributed by atoms with Crippen molar-refractivity contribution in [1.29, 1.82) is 0 Å². The maximum Gasteiger partial charge on any atom is 0.357 e. The fraction of sp³-hybridized carbons (Fsp3) is 0.0667. The van der Waals surface area contributed by atoms with Gasteiger partial charge in [-0.05, 0) is 36.4 Å². The van der Waals surface area contributed by atoms with Crippen LogP contribution in [0.4, 0.5) is 0 Å². The summed E-state index contributed by atoms with van der Waals surface area (Å²) in [4.78, 5) is 11.4. The molecule has 0 radical (unpaired) electrons. The summed E-state index contributed by atoms with van der Waals surface area (Å²) in [5, 5.41) is 14.1. The van der Waals surface area contributed by atoms with E-state index in [9.17, 15) is 9.90 Å². The molecule has 21 heavy (non-hydrogen) atoms.